The van der Waals surface area contributed by atoms with Crippen LogP contribution in [0.5, 0.6) is 0 Å². The van der Waals surface area contributed by atoms with Gasteiger partial charge in [0.1, 0.15) is 0 Å². The van der Waals surface area contributed by atoms with Crippen molar-refractivity contribution in [3.05, 3.63) is 58.7 Å². The molecule has 0 saturated heterocycles. The van der Waals surface area contributed by atoms with Gasteiger partial charge < -0.3 is 0 Å². The van der Waals surface area contributed by atoms with Crippen LogP contribution in [0.4, 0.5) is 11.4 Å². The van der Waals surface area contributed by atoms with Crippen LogP contribution in [-0.4, -0.2) is 11.9 Å². The summed E-state index contributed by atoms with van der Waals surface area (Å²) in [4.78, 5) is 10.3. The fourth-order valence-electron chi connectivity index (χ4n) is 5.34. The van der Waals surface area contributed by atoms with E-state index in [9.17, 15) is 0 Å². The first-order valence-corrected chi connectivity index (χ1v) is 17.0. The molecule has 2 aromatic rings. The zero-order chi connectivity index (χ0) is 28.8. The summed E-state index contributed by atoms with van der Waals surface area (Å²) in [6.07, 6.45) is 25.2. The predicted molar refractivity (Wildman–Crippen MR) is 181 cm³/mol. The zero-order valence-electron chi connectivity index (χ0n) is 27.2. The van der Waals surface area contributed by atoms with Crippen LogP contribution in [0.25, 0.3) is 0 Å². The summed E-state index contributed by atoms with van der Waals surface area (Å²) in [5.41, 5.74) is 9.10. The van der Waals surface area contributed by atoms with E-state index >= 15 is 0 Å². The van der Waals surface area contributed by atoms with E-state index in [2.05, 4.69) is 77.2 Å². The first-order chi connectivity index (χ1) is 19.6. The van der Waals surface area contributed by atoms with Crippen molar-refractivity contribution in [1.29, 1.82) is 0 Å². The van der Waals surface area contributed by atoms with E-state index in [1.54, 1.807) is 0 Å². The van der Waals surface area contributed by atoms with Crippen LogP contribution in [0, 0.1) is 0 Å². The molecule has 0 aliphatic heterocycles. The monoisotopic (exact) mass is 602 g/mol. The van der Waals surface area contributed by atoms with Gasteiger partial charge in [0.05, 0.1) is 17.1 Å². The topological polar surface area (TPSA) is 24.7 Å². The van der Waals surface area contributed by atoms with Crippen LogP contribution in [0.15, 0.2) is 46.4 Å². The van der Waals surface area contributed by atoms with Crippen molar-refractivity contribution < 1.29 is 16.5 Å². The average molecular weight is 604 g/mol. The molecule has 0 unspecified atom stereocenters. The molecule has 0 spiro atoms. The minimum Gasteiger partial charge on any atom is -0.255 e. The van der Waals surface area contributed by atoms with Gasteiger partial charge in [-0.1, -0.05) is 105 Å². The van der Waals surface area contributed by atoms with Crippen molar-refractivity contribution in [2.45, 2.75) is 157 Å². The van der Waals surface area contributed by atoms with Crippen molar-refractivity contribution in [1.82, 2.24) is 0 Å². The molecule has 2 aromatic carbocycles. The summed E-state index contributed by atoms with van der Waals surface area (Å²) >= 11 is 0. The fraction of sp³-hybridized carbons (Fsp3) is 0.632. The number of hydrogen-bond donors (Lipinski definition) is 0. The van der Waals surface area contributed by atoms with Crippen LogP contribution in [0.3, 0.4) is 0 Å². The molecule has 0 amide bonds. The van der Waals surface area contributed by atoms with E-state index in [-0.39, 0.29) is 16.5 Å². The molecule has 0 atom stereocenters. The normalized spacial score (nSPS) is 11.8. The Kier molecular flexibility index (Phi) is 21.6. The van der Waals surface area contributed by atoms with Gasteiger partial charge in [0.15, 0.2) is 0 Å². The molecule has 2 nitrogen and oxygen atoms in total. The summed E-state index contributed by atoms with van der Waals surface area (Å²) in [6, 6.07) is 14.2. The number of hydrogen-bond acceptors (Lipinski definition) is 2. The van der Waals surface area contributed by atoms with Crippen LogP contribution in [0.1, 0.15) is 153 Å². The molecule has 0 bridgehead atoms. The summed E-state index contributed by atoms with van der Waals surface area (Å²) in [5, 5.41) is 0. The number of nitrogens with zero attached hydrogens (tertiary/aromatic N) is 2. The second-order valence-electron chi connectivity index (χ2n) is 11.8. The molecule has 3 heteroatoms. The SMILES string of the molecule is CCCCCc1cc(CCCCC)cc(N=CC(CCCC)=Nc2cc(CCCCC)cc(CCCCC)c2)c1.[Ni]. The third kappa shape index (κ3) is 16.5. The Morgan fingerprint density at radius 2 is 0.854 bits per heavy atom. The fourth-order valence-corrected chi connectivity index (χ4v) is 5.34. The van der Waals surface area contributed by atoms with E-state index in [0.29, 0.717) is 0 Å². The first-order valence-electron chi connectivity index (χ1n) is 17.0. The maximum Gasteiger partial charge on any atom is 0.0639 e. The molecule has 0 N–H and O–H groups in total. The molecular formula is C38H60N2Ni. The van der Waals surface area contributed by atoms with E-state index in [0.717, 1.165) is 55.6 Å². The number of aliphatic imine (C=N–C) groups is 2. The Labute approximate surface area is 264 Å². The Hall–Kier alpha value is -1.73. The Morgan fingerprint density at radius 3 is 1.22 bits per heavy atom. The van der Waals surface area contributed by atoms with Crippen molar-refractivity contribution >= 4 is 23.3 Å². The zero-order valence-corrected chi connectivity index (χ0v) is 28.2. The van der Waals surface area contributed by atoms with Gasteiger partial charge in [0.25, 0.3) is 0 Å². The Bertz CT molecular complexity index is 951. The van der Waals surface area contributed by atoms with Gasteiger partial charge in [0.2, 0.25) is 0 Å². The van der Waals surface area contributed by atoms with Gasteiger partial charge in [-0.3, -0.25) is 9.98 Å². The molecular weight excluding hydrogens is 543 g/mol. The first kappa shape index (κ1) is 37.3. The Balaban J connectivity index is 0.00000840. The molecule has 41 heavy (non-hydrogen) atoms. The second kappa shape index (κ2) is 23.8. The molecule has 0 saturated carbocycles. The summed E-state index contributed by atoms with van der Waals surface area (Å²) < 4.78 is 0. The summed E-state index contributed by atoms with van der Waals surface area (Å²) in [6.45, 7) is 11.4. The quantitative estimate of drug-likeness (QED) is 0.0727. The summed E-state index contributed by atoms with van der Waals surface area (Å²) in [7, 11) is 0. The number of benzene rings is 2. The molecule has 0 aromatic heterocycles. The summed E-state index contributed by atoms with van der Waals surface area (Å²) in [5.74, 6) is 0. The van der Waals surface area contributed by atoms with Crippen molar-refractivity contribution in [2.24, 2.45) is 9.98 Å². The van der Waals surface area contributed by atoms with Crippen LogP contribution in [0.2, 0.25) is 0 Å². The van der Waals surface area contributed by atoms with Crippen molar-refractivity contribution in [3.8, 4) is 0 Å². The van der Waals surface area contributed by atoms with Crippen molar-refractivity contribution in [2.75, 3.05) is 0 Å². The van der Waals surface area contributed by atoms with E-state index in [1.165, 1.54) is 106 Å². The van der Waals surface area contributed by atoms with Crippen LogP contribution in [-0.2, 0) is 42.2 Å². The second-order valence-corrected chi connectivity index (χ2v) is 11.8. The van der Waals surface area contributed by atoms with E-state index in [4.69, 9.17) is 9.98 Å². The van der Waals surface area contributed by atoms with Gasteiger partial charge in [0, 0.05) is 22.7 Å². The molecule has 0 aliphatic carbocycles. The number of aryl methyl sites for hydroxylation is 4. The largest absolute Gasteiger partial charge is 0.255 e. The molecule has 2 rings (SSSR count). The van der Waals surface area contributed by atoms with Gasteiger partial charge in [-0.2, -0.15) is 0 Å². The van der Waals surface area contributed by atoms with E-state index in [1.807, 2.05) is 0 Å². The maximum atomic E-state index is 5.22. The number of rotatable bonds is 22. The van der Waals surface area contributed by atoms with Gasteiger partial charge in [-0.05, 0) is 111 Å². The molecule has 0 aliphatic rings. The average Bonchev–Trinajstić information content (AvgIpc) is 2.95. The van der Waals surface area contributed by atoms with Crippen LogP contribution >= 0.6 is 0 Å². The predicted octanol–water partition coefficient (Wildman–Crippen LogP) is 12.3. The number of unbranched alkanes of at least 4 members (excludes halogenated alkanes) is 9. The molecule has 0 fully saturated rings. The molecule has 232 valence electrons. The third-order valence-electron chi connectivity index (χ3n) is 7.77. The van der Waals surface area contributed by atoms with Gasteiger partial charge in [-0.25, -0.2) is 0 Å². The maximum absolute atomic E-state index is 5.22. The van der Waals surface area contributed by atoms with Gasteiger partial charge >= 0.3 is 0 Å². The van der Waals surface area contributed by atoms with Gasteiger partial charge in [-0.15, -0.1) is 0 Å². The van der Waals surface area contributed by atoms with E-state index < -0.39 is 0 Å². The third-order valence-corrected chi connectivity index (χ3v) is 7.77. The Morgan fingerprint density at radius 1 is 0.488 bits per heavy atom. The standard InChI is InChI=1S/C38H60N2.Ni/c1-6-11-16-20-32-25-33(21-17-12-7-2)28-37(27-32)39-31-36(24-15-10-5)40-38-29-34(22-18-13-8-3)26-35(30-38)23-19-14-9-4;/h25-31H,6-24H2,1-5H3;. The molecule has 0 radical (unpaired) electrons. The van der Waals surface area contributed by atoms with Crippen molar-refractivity contribution in [3.63, 3.8) is 0 Å². The molecule has 0 heterocycles. The van der Waals surface area contributed by atoms with Crippen LogP contribution < -0.4 is 0 Å². The minimum absolute atomic E-state index is 0. The smallest absolute Gasteiger partial charge is 0.0639 e. The minimum atomic E-state index is 0.